The Morgan fingerprint density at radius 2 is 1.90 bits per heavy atom. The molecule has 1 aliphatic carbocycles. The fraction of sp³-hybridized carbons (Fsp3) is 0.318. The molecule has 0 unspecified atom stereocenters. The van der Waals surface area contributed by atoms with Crippen LogP contribution in [0.5, 0.6) is 11.5 Å². The highest BCUT2D eigenvalue weighted by molar-refractivity contribution is 6.09. The first-order chi connectivity index (χ1) is 14.6. The molecular weight excluding hydrogens is 386 g/mol. The number of rotatable bonds is 4. The van der Waals surface area contributed by atoms with Crippen molar-refractivity contribution in [1.29, 1.82) is 0 Å². The number of amides is 4. The average molecular weight is 407 g/mol. The minimum atomic E-state index is -1.06. The average Bonchev–Trinajstić information content (AvgIpc) is 3.25. The number of ether oxygens (including phenoxy) is 2. The van der Waals surface area contributed by atoms with Crippen molar-refractivity contribution in [3.63, 3.8) is 0 Å². The Hall–Kier alpha value is -3.55. The summed E-state index contributed by atoms with van der Waals surface area (Å²) in [6.07, 6.45) is 0.866. The predicted molar refractivity (Wildman–Crippen MR) is 106 cm³/mol. The minimum Gasteiger partial charge on any atom is -0.486 e. The quantitative estimate of drug-likeness (QED) is 0.746. The van der Waals surface area contributed by atoms with Crippen LogP contribution in [0.25, 0.3) is 0 Å². The van der Waals surface area contributed by atoms with E-state index in [1.807, 2.05) is 42.5 Å². The van der Waals surface area contributed by atoms with Gasteiger partial charge in [-0.2, -0.15) is 0 Å². The fourth-order valence-electron chi connectivity index (χ4n) is 4.32. The van der Waals surface area contributed by atoms with Gasteiger partial charge in [-0.1, -0.05) is 36.4 Å². The Morgan fingerprint density at radius 3 is 2.77 bits per heavy atom. The molecule has 2 aromatic rings. The number of hydrogen-bond acceptors (Lipinski definition) is 5. The van der Waals surface area contributed by atoms with Crippen LogP contribution < -0.4 is 20.1 Å². The zero-order chi connectivity index (χ0) is 20.7. The van der Waals surface area contributed by atoms with Crippen molar-refractivity contribution in [3.05, 3.63) is 59.7 Å². The summed E-state index contributed by atoms with van der Waals surface area (Å²) < 4.78 is 11.4. The van der Waals surface area contributed by atoms with Gasteiger partial charge < -0.3 is 20.1 Å². The molecule has 30 heavy (non-hydrogen) atoms. The molecule has 2 aliphatic heterocycles. The lowest BCUT2D eigenvalue weighted by Gasteiger charge is -2.26. The highest BCUT2D eigenvalue weighted by atomic mass is 16.6. The highest BCUT2D eigenvalue weighted by Crippen LogP contribution is 2.41. The Kier molecular flexibility index (Phi) is 4.34. The summed E-state index contributed by atoms with van der Waals surface area (Å²) in [7, 11) is 0. The molecule has 8 heteroatoms. The second-order valence-corrected chi connectivity index (χ2v) is 7.69. The first kappa shape index (κ1) is 18.5. The van der Waals surface area contributed by atoms with Gasteiger partial charge in [-0.15, -0.1) is 0 Å². The predicted octanol–water partition coefficient (Wildman–Crippen LogP) is 1.34. The van der Waals surface area contributed by atoms with Gasteiger partial charge in [-0.05, 0) is 36.1 Å². The van der Waals surface area contributed by atoms with Crippen molar-refractivity contribution in [2.24, 2.45) is 0 Å². The Morgan fingerprint density at radius 1 is 1.13 bits per heavy atom. The summed E-state index contributed by atoms with van der Waals surface area (Å²) in [5.74, 6) is 0.489. The van der Waals surface area contributed by atoms with Gasteiger partial charge in [0, 0.05) is 0 Å². The van der Waals surface area contributed by atoms with Gasteiger partial charge >= 0.3 is 6.03 Å². The van der Waals surface area contributed by atoms with Gasteiger partial charge in [0.15, 0.2) is 11.5 Å². The molecule has 4 amide bonds. The number of nitrogens with zero attached hydrogens (tertiary/aromatic N) is 1. The molecule has 0 saturated carbocycles. The molecule has 2 N–H and O–H groups in total. The molecular formula is C22H21N3O5. The van der Waals surface area contributed by atoms with E-state index < -0.39 is 17.5 Å². The van der Waals surface area contributed by atoms with Gasteiger partial charge in [0.2, 0.25) is 5.91 Å². The Balaban J connectivity index is 1.21. The van der Waals surface area contributed by atoms with Crippen LogP contribution >= 0.6 is 0 Å². The molecule has 154 valence electrons. The third-order valence-corrected chi connectivity index (χ3v) is 5.82. The van der Waals surface area contributed by atoms with E-state index in [0.29, 0.717) is 30.9 Å². The Labute approximate surface area is 173 Å². The third-order valence-electron chi connectivity index (χ3n) is 5.82. The number of carbonyl (C=O) groups excluding carboxylic acids is 3. The second kappa shape index (κ2) is 7.05. The molecule has 0 aromatic heterocycles. The van der Waals surface area contributed by atoms with E-state index in [9.17, 15) is 14.4 Å². The van der Waals surface area contributed by atoms with Crippen LogP contribution in [0.4, 0.5) is 4.79 Å². The lowest BCUT2D eigenvalue weighted by Crippen LogP contribution is -2.46. The van der Waals surface area contributed by atoms with Crippen molar-refractivity contribution in [2.45, 2.75) is 24.5 Å². The van der Waals surface area contributed by atoms with Crippen molar-refractivity contribution >= 4 is 17.8 Å². The van der Waals surface area contributed by atoms with Crippen LogP contribution in [0.3, 0.4) is 0 Å². The molecule has 5 rings (SSSR count). The molecule has 2 heterocycles. The fourth-order valence-corrected chi connectivity index (χ4v) is 4.32. The molecule has 3 aliphatic rings. The molecule has 0 bridgehead atoms. The Bertz CT molecular complexity index is 1040. The number of benzene rings is 2. The maximum absolute atomic E-state index is 13.1. The molecule has 8 nitrogen and oxygen atoms in total. The number of imide groups is 1. The maximum Gasteiger partial charge on any atom is 0.325 e. The summed E-state index contributed by atoms with van der Waals surface area (Å²) in [5.41, 5.74) is 0.808. The molecule has 1 fully saturated rings. The first-order valence-corrected chi connectivity index (χ1v) is 9.94. The van der Waals surface area contributed by atoms with Crippen molar-refractivity contribution in [1.82, 2.24) is 15.5 Å². The van der Waals surface area contributed by atoms with Gasteiger partial charge in [0.25, 0.3) is 5.91 Å². The third kappa shape index (κ3) is 2.96. The zero-order valence-electron chi connectivity index (χ0n) is 16.2. The van der Waals surface area contributed by atoms with Gasteiger partial charge in [0.05, 0.1) is 6.54 Å². The van der Waals surface area contributed by atoms with Crippen LogP contribution in [-0.2, 0) is 21.5 Å². The molecule has 1 saturated heterocycles. The van der Waals surface area contributed by atoms with E-state index in [1.54, 1.807) is 6.07 Å². The number of nitrogens with one attached hydrogen (secondary N) is 2. The van der Waals surface area contributed by atoms with Gasteiger partial charge in [-0.3, -0.25) is 14.5 Å². The summed E-state index contributed by atoms with van der Waals surface area (Å²) in [6.45, 7) is 0.184. The lowest BCUT2D eigenvalue weighted by molar-refractivity contribution is -0.135. The summed E-state index contributed by atoms with van der Waals surface area (Å²) in [5, 5.41) is 5.55. The maximum atomic E-state index is 13.1. The summed E-state index contributed by atoms with van der Waals surface area (Å²) >= 11 is 0. The van der Waals surface area contributed by atoms with Crippen LogP contribution in [0, 0.1) is 0 Å². The summed E-state index contributed by atoms with van der Waals surface area (Å²) in [4.78, 5) is 39.0. The van der Waals surface area contributed by atoms with Crippen LogP contribution in [-0.4, -0.2) is 48.5 Å². The van der Waals surface area contributed by atoms with Crippen molar-refractivity contribution < 1.29 is 23.9 Å². The normalized spacial score (nSPS) is 24.0. The van der Waals surface area contributed by atoms with E-state index in [0.717, 1.165) is 16.0 Å². The topological polar surface area (TPSA) is 97.0 Å². The number of fused-ring (bicyclic) bond motifs is 3. The number of hydrogen-bond donors (Lipinski definition) is 2. The van der Waals surface area contributed by atoms with Crippen LogP contribution in [0.1, 0.15) is 17.5 Å². The first-order valence-electron chi connectivity index (χ1n) is 9.94. The monoisotopic (exact) mass is 407 g/mol. The number of urea groups is 1. The van der Waals surface area contributed by atoms with E-state index in [4.69, 9.17) is 9.47 Å². The highest BCUT2D eigenvalue weighted by Gasteiger charge is 2.55. The smallest absolute Gasteiger partial charge is 0.325 e. The van der Waals surface area contributed by atoms with E-state index >= 15 is 0 Å². The number of aryl methyl sites for hydroxylation is 1. The zero-order valence-corrected chi connectivity index (χ0v) is 16.2. The molecule has 2 atom stereocenters. The lowest BCUT2D eigenvalue weighted by atomic mass is 9.92. The standard InChI is InChI=1S/C22H21N3O5/c26-19(23-11-15-13-29-17-7-3-4-8-18(17)30-15)12-25-20(27)22(24-21(25)28)10-9-14-5-1-2-6-16(14)22/h1-8,15H,9-13H2,(H,23,26)(H,24,28)/t15-,22-/m1/s1. The minimum absolute atomic E-state index is 0.213. The summed E-state index contributed by atoms with van der Waals surface area (Å²) in [6, 6.07) is 14.4. The van der Waals surface area contributed by atoms with Gasteiger partial charge in [0.1, 0.15) is 24.8 Å². The number of para-hydroxylation sites is 2. The van der Waals surface area contributed by atoms with E-state index in [-0.39, 0.29) is 25.1 Å². The van der Waals surface area contributed by atoms with E-state index in [1.165, 1.54) is 0 Å². The molecule has 2 aromatic carbocycles. The number of carbonyl (C=O) groups is 3. The molecule has 0 radical (unpaired) electrons. The second-order valence-electron chi connectivity index (χ2n) is 7.69. The SMILES string of the molecule is O=C(CN1C(=O)N[C@@]2(CCc3ccccc32)C1=O)NC[C@@H]1COc2ccccc2O1. The van der Waals surface area contributed by atoms with Crippen molar-refractivity contribution in [2.75, 3.05) is 19.7 Å². The molecule has 1 spiro atoms. The largest absolute Gasteiger partial charge is 0.486 e. The van der Waals surface area contributed by atoms with E-state index in [2.05, 4.69) is 10.6 Å². The van der Waals surface area contributed by atoms with Crippen LogP contribution in [0.15, 0.2) is 48.5 Å². The van der Waals surface area contributed by atoms with Gasteiger partial charge in [-0.25, -0.2) is 4.79 Å². The van der Waals surface area contributed by atoms with Crippen molar-refractivity contribution in [3.8, 4) is 11.5 Å². The van der Waals surface area contributed by atoms with Crippen LogP contribution in [0.2, 0.25) is 0 Å².